The number of anilines is 1. The standard InChI is InChI=1S/C16H20F3N3O3/c1-11-4-2-6-20-14(11)21-15(24)12-5-3-7-22(8-12)13(23)9-25-10-16(17,18)19/h2,4,6,12H,3,5,7-10H2,1H3,(H,20,21,24). The van der Waals surface area contributed by atoms with E-state index >= 15 is 0 Å². The Labute approximate surface area is 143 Å². The number of alkyl halides is 3. The van der Waals surface area contributed by atoms with Crippen LogP contribution in [0.1, 0.15) is 18.4 Å². The number of hydrogen-bond acceptors (Lipinski definition) is 4. The third-order valence-corrected chi connectivity index (χ3v) is 3.89. The number of rotatable bonds is 5. The van der Waals surface area contributed by atoms with Crippen molar-refractivity contribution in [3.05, 3.63) is 23.9 Å². The number of ether oxygens (including phenoxy) is 1. The summed E-state index contributed by atoms with van der Waals surface area (Å²) in [5.41, 5.74) is 0.820. The smallest absolute Gasteiger partial charge is 0.362 e. The first-order valence-corrected chi connectivity index (χ1v) is 7.91. The number of aromatic nitrogens is 1. The zero-order valence-corrected chi connectivity index (χ0v) is 13.8. The number of amides is 2. The molecule has 138 valence electrons. The summed E-state index contributed by atoms with van der Waals surface area (Å²) in [5, 5.41) is 2.73. The van der Waals surface area contributed by atoms with Crippen molar-refractivity contribution < 1.29 is 27.5 Å². The molecule has 0 spiro atoms. The van der Waals surface area contributed by atoms with E-state index in [1.165, 1.54) is 4.90 Å². The second-order valence-electron chi connectivity index (χ2n) is 5.95. The van der Waals surface area contributed by atoms with E-state index in [4.69, 9.17) is 0 Å². The van der Waals surface area contributed by atoms with Crippen LogP contribution in [0.25, 0.3) is 0 Å². The molecule has 1 aromatic rings. The van der Waals surface area contributed by atoms with Gasteiger partial charge in [0, 0.05) is 19.3 Å². The Morgan fingerprint density at radius 3 is 2.88 bits per heavy atom. The lowest BCUT2D eigenvalue weighted by Gasteiger charge is -2.32. The fourth-order valence-corrected chi connectivity index (χ4v) is 2.60. The number of hydrogen-bond donors (Lipinski definition) is 1. The topological polar surface area (TPSA) is 71.5 Å². The van der Waals surface area contributed by atoms with E-state index in [1.54, 1.807) is 12.3 Å². The first-order chi connectivity index (χ1) is 11.8. The monoisotopic (exact) mass is 359 g/mol. The lowest BCUT2D eigenvalue weighted by molar-refractivity contribution is -0.178. The summed E-state index contributed by atoms with van der Waals surface area (Å²) in [4.78, 5) is 29.8. The molecule has 0 aromatic carbocycles. The van der Waals surface area contributed by atoms with Crippen LogP contribution in [-0.4, -0.2) is 54.2 Å². The van der Waals surface area contributed by atoms with Gasteiger partial charge in [-0.25, -0.2) is 4.98 Å². The average Bonchev–Trinajstić information content (AvgIpc) is 2.56. The van der Waals surface area contributed by atoms with Crippen molar-refractivity contribution in [3.63, 3.8) is 0 Å². The maximum absolute atomic E-state index is 12.4. The number of carbonyl (C=O) groups excluding carboxylic acids is 2. The number of nitrogens with one attached hydrogen (secondary N) is 1. The zero-order chi connectivity index (χ0) is 18.4. The van der Waals surface area contributed by atoms with Crippen molar-refractivity contribution in [1.29, 1.82) is 0 Å². The first kappa shape index (κ1) is 19.2. The Hall–Kier alpha value is -2.16. The molecule has 0 aliphatic carbocycles. The highest BCUT2D eigenvalue weighted by Crippen LogP contribution is 2.20. The molecule has 2 amide bonds. The van der Waals surface area contributed by atoms with E-state index in [0.29, 0.717) is 25.2 Å². The van der Waals surface area contributed by atoms with Crippen LogP contribution in [0, 0.1) is 12.8 Å². The summed E-state index contributed by atoms with van der Waals surface area (Å²) in [5.74, 6) is -0.766. The molecule has 1 aromatic heterocycles. The highest BCUT2D eigenvalue weighted by molar-refractivity contribution is 5.93. The molecule has 1 fully saturated rings. The third-order valence-electron chi connectivity index (χ3n) is 3.89. The van der Waals surface area contributed by atoms with Gasteiger partial charge in [-0.05, 0) is 31.4 Å². The normalized spacial score (nSPS) is 18.1. The van der Waals surface area contributed by atoms with E-state index in [2.05, 4.69) is 15.0 Å². The average molecular weight is 359 g/mol. The Bertz CT molecular complexity index is 622. The lowest BCUT2D eigenvalue weighted by Crippen LogP contribution is -2.45. The number of piperidine rings is 1. The van der Waals surface area contributed by atoms with Gasteiger partial charge in [-0.2, -0.15) is 13.2 Å². The molecular formula is C16H20F3N3O3. The molecule has 9 heteroatoms. The summed E-state index contributed by atoms with van der Waals surface area (Å²) >= 11 is 0. The predicted octanol–water partition coefficient (Wildman–Crippen LogP) is 2.15. The van der Waals surface area contributed by atoms with Gasteiger partial charge in [-0.1, -0.05) is 6.07 Å². The van der Waals surface area contributed by atoms with Crippen LogP contribution in [0.5, 0.6) is 0 Å². The van der Waals surface area contributed by atoms with Crippen LogP contribution in [0.3, 0.4) is 0 Å². The second kappa shape index (κ2) is 8.28. The van der Waals surface area contributed by atoms with E-state index < -0.39 is 31.2 Å². The maximum atomic E-state index is 12.4. The SMILES string of the molecule is Cc1cccnc1NC(=O)C1CCCN(C(=O)COCC(F)(F)F)C1. The molecule has 1 unspecified atom stereocenters. The molecular weight excluding hydrogens is 339 g/mol. The van der Waals surface area contributed by atoms with Gasteiger partial charge in [0.2, 0.25) is 11.8 Å². The highest BCUT2D eigenvalue weighted by Gasteiger charge is 2.31. The molecule has 0 bridgehead atoms. The van der Waals surface area contributed by atoms with Crippen molar-refractivity contribution in [2.24, 2.45) is 5.92 Å². The van der Waals surface area contributed by atoms with Crippen molar-refractivity contribution in [1.82, 2.24) is 9.88 Å². The van der Waals surface area contributed by atoms with E-state index in [-0.39, 0.29) is 12.5 Å². The first-order valence-electron chi connectivity index (χ1n) is 7.91. The molecule has 0 radical (unpaired) electrons. The molecule has 1 atom stereocenters. The van der Waals surface area contributed by atoms with Gasteiger partial charge < -0.3 is 15.0 Å². The van der Waals surface area contributed by atoms with Crippen LogP contribution >= 0.6 is 0 Å². The van der Waals surface area contributed by atoms with Gasteiger partial charge in [-0.3, -0.25) is 9.59 Å². The minimum absolute atomic E-state index is 0.159. The highest BCUT2D eigenvalue weighted by atomic mass is 19.4. The number of carbonyl (C=O) groups is 2. The summed E-state index contributed by atoms with van der Waals surface area (Å²) in [7, 11) is 0. The Balaban J connectivity index is 1.86. The van der Waals surface area contributed by atoms with Crippen LogP contribution < -0.4 is 5.32 Å². The number of halogens is 3. The molecule has 0 saturated carbocycles. The predicted molar refractivity (Wildman–Crippen MR) is 83.8 cm³/mol. The molecule has 6 nitrogen and oxygen atoms in total. The molecule has 1 N–H and O–H groups in total. The van der Waals surface area contributed by atoms with Gasteiger partial charge in [0.1, 0.15) is 19.0 Å². The van der Waals surface area contributed by atoms with Gasteiger partial charge >= 0.3 is 6.18 Å². The van der Waals surface area contributed by atoms with Crippen molar-refractivity contribution in [3.8, 4) is 0 Å². The lowest BCUT2D eigenvalue weighted by atomic mass is 9.97. The second-order valence-corrected chi connectivity index (χ2v) is 5.95. The maximum Gasteiger partial charge on any atom is 0.411 e. The zero-order valence-electron chi connectivity index (χ0n) is 13.8. The van der Waals surface area contributed by atoms with Crippen molar-refractivity contribution >= 4 is 17.6 Å². The molecule has 1 aliphatic heterocycles. The van der Waals surface area contributed by atoms with E-state index in [1.807, 2.05) is 13.0 Å². The summed E-state index contributed by atoms with van der Waals surface area (Å²) in [6, 6.07) is 3.57. The molecule has 1 aliphatic rings. The number of aryl methyl sites for hydroxylation is 1. The van der Waals surface area contributed by atoms with Gasteiger partial charge in [0.15, 0.2) is 0 Å². The van der Waals surface area contributed by atoms with Crippen molar-refractivity contribution in [2.45, 2.75) is 25.9 Å². The number of pyridine rings is 1. The fraction of sp³-hybridized carbons (Fsp3) is 0.562. The minimum Gasteiger partial charge on any atom is -0.362 e. The molecule has 2 rings (SSSR count). The Morgan fingerprint density at radius 1 is 1.44 bits per heavy atom. The summed E-state index contributed by atoms with van der Waals surface area (Å²) in [6.45, 7) is 0.270. The van der Waals surface area contributed by atoms with Gasteiger partial charge in [-0.15, -0.1) is 0 Å². The van der Waals surface area contributed by atoms with Crippen LogP contribution in [0.4, 0.5) is 19.0 Å². The van der Waals surface area contributed by atoms with E-state index in [0.717, 1.165) is 5.56 Å². The van der Waals surface area contributed by atoms with E-state index in [9.17, 15) is 22.8 Å². The Kier molecular flexibility index (Phi) is 6.35. The van der Waals surface area contributed by atoms with Crippen molar-refractivity contribution in [2.75, 3.05) is 31.6 Å². The third kappa shape index (κ3) is 6.00. The summed E-state index contributed by atoms with van der Waals surface area (Å²) < 4.78 is 40.5. The van der Waals surface area contributed by atoms with Crippen LogP contribution in [0.2, 0.25) is 0 Å². The molecule has 1 saturated heterocycles. The van der Waals surface area contributed by atoms with Gasteiger partial charge in [0.25, 0.3) is 0 Å². The largest absolute Gasteiger partial charge is 0.411 e. The quantitative estimate of drug-likeness (QED) is 0.874. The molecule has 2 heterocycles. The number of likely N-dealkylation sites (tertiary alicyclic amines) is 1. The van der Waals surface area contributed by atoms with Gasteiger partial charge in [0.05, 0.1) is 5.92 Å². The number of nitrogens with zero attached hydrogens (tertiary/aromatic N) is 2. The molecule has 25 heavy (non-hydrogen) atoms. The fourth-order valence-electron chi connectivity index (χ4n) is 2.60. The Morgan fingerprint density at radius 2 is 2.20 bits per heavy atom. The minimum atomic E-state index is -4.47. The van der Waals surface area contributed by atoms with Crippen LogP contribution in [-0.2, 0) is 14.3 Å². The van der Waals surface area contributed by atoms with Crippen LogP contribution in [0.15, 0.2) is 18.3 Å². The summed E-state index contributed by atoms with van der Waals surface area (Å²) in [6.07, 6.45) is -1.70.